The van der Waals surface area contributed by atoms with Crippen molar-refractivity contribution < 1.29 is 24.2 Å². The molecule has 1 aromatic heterocycles. The zero-order valence-electron chi connectivity index (χ0n) is 14.7. The Morgan fingerprint density at radius 3 is 2.70 bits per heavy atom. The van der Waals surface area contributed by atoms with Crippen molar-refractivity contribution in [1.29, 1.82) is 0 Å². The Morgan fingerprint density at radius 1 is 1.19 bits per heavy atom. The van der Waals surface area contributed by atoms with Gasteiger partial charge in [0.05, 0.1) is 12.3 Å². The third kappa shape index (κ3) is 4.91. The van der Waals surface area contributed by atoms with Crippen LogP contribution in [-0.2, 0) is 33.7 Å². The molecule has 1 aromatic carbocycles. The highest BCUT2D eigenvalue weighted by Crippen LogP contribution is 2.25. The summed E-state index contributed by atoms with van der Waals surface area (Å²) in [5.41, 5.74) is 2.99. The van der Waals surface area contributed by atoms with Gasteiger partial charge in [-0.1, -0.05) is 30.3 Å². The Bertz CT molecular complexity index is 837. The number of amides is 1. The monoisotopic (exact) mass is 368 g/mol. The van der Waals surface area contributed by atoms with Crippen molar-refractivity contribution in [2.24, 2.45) is 5.92 Å². The second-order valence-electron chi connectivity index (χ2n) is 6.48. The van der Waals surface area contributed by atoms with E-state index in [1.807, 2.05) is 36.4 Å². The van der Waals surface area contributed by atoms with Gasteiger partial charge in [0.25, 0.3) is 0 Å². The molecular formula is C20H20N2O5. The summed E-state index contributed by atoms with van der Waals surface area (Å²) < 4.78 is 4.19. The zero-order valence-corrected chi connectivity index (χ0v) is 14.7. The third-order valence-electron chi connectivity index (χ3n) is 4.62. The predicted octanol–water partition coefficient (Wildman–Crippen LogP) is 2.44. The quantitative estimate of drug-likeness (QED) is 0.643. The average molecular weight is 368 g/mol. The lowest BCUT2D eigenvalue weighted by Crippen LogP contribution is -2.37. The molecule has 0 saturated heterocycles. The van der Waals surface area contributed by atoms with Crippen molar-refractivity contribution >= 4 is 18.0 Å². The van der Waals surface area contributed by atoms with Crippen LogP contribution in [0.15, 0.2) is 48.8 Å². The van der Waals surface area contributed by atoms with Gasteiger partial charge in [-0.15, -0.1) is 0 Å². The molecule has 1 N–H and O–H groups in total. The first-order valence-electron chi connectivity index (χ1n) is 8.71. The molecule has 0 radical (unpaired) electrons. The number of hydrogen-bond donors (Lipinski definition) is 1. The number of benzene rings is 1. The largest absolute Gasteiger partial charge is 0.513 e. The Balaban J connectivity index is 1.78. The van der Waals surface area contributed by atoms with Crippen molar-refractivity contribution in [1.82, 2.24) is 9.88 Å². The highest BCUT2D eigenvalue weighted by Gasteiger charge is 2.32. The maximum atomic E-state index is 13.0. The molecule has 0 spiro atoms. The first-order valence-corrected chi connectivity index (χ1v) is 8.71. The molecule has 140 valence electrons. The van der Waals surface area contributed by atoms with Gasteiger partial charge in [-0.05, 0) is 35.6 Å². The number of esters is 1. The maximum absolute atomic E-state index is 13.0. The van der Waals surface area contributed by atoms with E-state index in [1.165, 1.54) is 0 Å². The summed E-state index contributed by atoms with van der Waals surface area (Å²) in [5.74, 6) is -1.77. The number of pyridine rings is 1. The van der Waals surface area contributed by atoms with Crippen molar-refractivity contribution in [2.75, 3.05) is 6.54 Å². The highest BCUT2D eigenvalue weighted by atomic mass is 16.7. The third-order valence-corrected chi connectivity index (χ3v) is 4.62. The number of aromatic nitrogens is 1. The van der Waals surface area contributed by atoms with Gasteiger partial charge in [0.2, 0.25) is 5.91 Å². The van der Waals surface area contributed by atoms with Gasteiger partial charge in [-0.25, -0.2) is 4.79 Å². The van der Waals surface area contributed by atoms with Crippen LogP contribution in [0, 0.1) is 5.92 Å². The minimum atomic E-state index is -1.66. The topological polar surface area (TPSA) is 96.8 Å². The molecular weight excluding hydrogens is 348 g/mol. The summed E-state index contributed by atoms with van der Waals surface area (Å²) in [6.07, 6.45) is 2.46. The summed E-state index contributed by atoms with van der Waals surface area (Å²) in [7, 11) is 0. The molecule has 2 heterocycles. The van der Waals surface area contributed by atoms with Crippen LogP contribution in [0.1, 0.15) is 23.1 Å². The SMILES string of the molecule is O=C(O)OC(=O)C[C@H]1Cc2cnccc2CN(CCc2ccccc2)C1=O. The Morgan fingerprint density at radius 2 is 1.96 bits per heavy atom. The highest BCUT2D eigenvalue weighted by molar-refractivity contribution is 5.87. The van der Waals surface area contributed by atoms with Crippen molar-refractivity contribution in [2.45, 2.75) is 25.8 Å². The van der Waals surface area contributed by atoms with Gasteiger partial charge in [-0.3, -0.25) is 14.6 Å². The van der Waals surface area contributed by atoms with Gasteiger partial charge >= 0.3 is 12.1 Å². The number of rotatable bonds is 5. The molecule has 27 heavy (non-hydrogen) atoms. The summed E-state index contributed by atoms with van der Waals surface area (Å²) in [5, 5.41) is 8.61. The second kappa shape index (κ2) is 8.44. The van der Waals surface area contributed by atoms with Crippen LogP contribution in [0.25, 0.3) is 0 Å². The lowest BCUT2D eigenvalue weighted by molar-refractivity contribution is -0.145. The van der Waals surface area contributed by atoms with E-state index in [0.29, 0.717) is 25.9 Å². The van der Waals surface area contributed by atoms with E-state index < -0.39 is 18.0 Å². The minimum absolute atomic E-state index is 0.176. The van der Waals surface area contributed by atoms with Crippen LogP contribution in [-0.4, -0.2) is 39.6 Å². The number of carbonyl (C=O) groups is 3. The van der Waals surface area contributed by atoms with Crippen LogP contribution < -0.4 is 0 Å². The van der Waals surface area contributed by atoms with Gasteiger partial charge < -0.3 is 14.7 Å². The number of fused-ring (bicyclic) bond motifs is 1. The van der Waals surface area contributed by atoms with E-state index in [4.69, 9.17) is 5.11 Å². The van der Waals surface area contributed by atoms with Crippen molar-refractivity contribution in [3.63, 3.8) is 0 Å². The number of carbonyl (C=O) groups excluding carboxylic acids is 2. The lowest BCUT2D eigenvalue weighted by Gasteiger charge is -2.24. The van der Waals surface area contributed by atoms with Crippen LogP contribution >= 0.6 is 0 Å². The Kier molecular flexibility index (Phi) is 5.80. The molecule has 1 amide bonds. The van der Waals surface area contributed by atoms with Crippen LogP contribution in [0.5, 0.6) is 0 Å². The van der Waals surface area contributed by atoms with Gasteiger partial charge in [0.15, 0.2) is 0 Å². The van der Waals surface area contributed by atoms with Gasteiger partial charge in [0, 0.05) is 25.5 Å². The maximum Gasteiger partial charge on any atom is 0.513 e. The summed E-state index contributed by atoms with van der Waals surface area (Å²) in [4.78, 5) is 41.2. The number of carboxylic acid groups (broad SMARTS) is 1. The number of nitrogens with zero attached hydrogens (tertiary/aromatic N) is 2. The van der Waals surface area contributed by atoms with Crippen molar-refractivity contribution in [3.05, 3.63) is 65.5 Å². The Hall–Kier alpha value is -3.22. The molecule has 0 bridgehead atoms. The fourth-order valence-corrected chi connectivity index (χ4v) is 3.29. The molecule has 7 nitrogen and oxygen atoms in total. The Labute approximate surface area is 156 Å². The van der Waals surface area contributed by atoms with E-state index in [9.17, 15) is 14.4 Å². The normalized spacial score (nSPS) is 16.4. The number of hydrogen-bond acceptors (Lipinski definition) is 5. The molecule has 0 saturated carbocycles. The molecule has 1 atom stereocenters. The second-order valence-corrected chi connectivity index (χ2v) is 6.48. The summed E-state index contributed by atoms with van der Waals surface area (Å²) in [6, 6.07) is 11.7. The van der Waals surface area contributed by atoms with Gasteiger partial charge in [-0.2, -0.15) is 0 Å². The number of ether oxygens (including phenoxy) is 1. The van der Waals surface area contributed by atoms with Gasteiger partial charge in [0.1, 0.15) is 0 Å². The fraction of sp³-hybridized carbons (Fsp3) is 0.300. The molecule has 0 fully saturated rings. The molecule has 1 aliphatic rings. The molecule has 7 heteroatoms. The first-order chi connectivity index (χ1) is 13.0. The van der Waals surface area contributed by atoms with Crippen LogP contribution in [0.3, 0.4) is 0 Å². The minimum Gasteiger partial charge on any atom is -0.449 e. The summed E-state index contributed by atoms with van der Waals surface area (Å²) >= 11 is 0. The predicted molar refractivity (Wildman–Crippen MR) is 95.7 cm³/mol. The molecule has 1 aliphatic heterocycles. The van der Waals surface area contributed by atoms with Crippen LogP contribution in [0.2, 0.25) is 0 Å². The average Bonchev–Trinajstić information content (AvgIpc) is 2.77. The van der Waals surface area contributed by atoms with E-state index in [1.54, 1.807) is 17.3 Å². The smallest absolute Gasteiger partial charge is 0.449 e. The molecule has 2 aromatic rings. The van der Waals surface area contributed by atoms with E-state index in [0.717, 1.165) is 16.7 Å². The zero-order chi connectivity index (χ0) is 19.2. The van der Waals surface area contributed by atoms with E-state index >= 15 is 0 Å². The molecule has 3 rings (SSSR count). The summed E-state index contributed by atoms with van der Waals surface area (Å²) in [6.45, 7) is 0.948. The molecule has 0 unspecified atom stereocenters. The fourth-order valence-electron chi connectivity index (χ4n) is 3.29. The first kappa shape index (κ1) is 18.6. The molecule has 0 aliphatic carbocycles. The van der Waals surface area contributed by atoms with E-state index in [-0.39, 0.29) is 12.3 Å². The van der Waals surface area contributed by atoms with Crippen LogP contribution in [0.4, 0.5) is 4.79 Å². The van der Waals surface area contributed by atoms with Crippen molar-refractivity contribution in [3.8, 4) is 0 Å². The lowest BCUT2D eigenvalue weighted by atomic mass is 9.95. The van der Waals surface area contributed by atoms with E-state index in [2.05, 4.69) is 9.72 Å². The standard InChI is InChI=1S/C20H20N2O5/c23-18(27-20(25)26)11-16-10-17-12-21-8-6-15(17)13-22(19(16)24)9-7-14-4-2-1-3-5-14/h1-6,8,12,16H,7,9-11,13H2,(H,25,26)/t16-/m1/s1.